The first-order valence-electron chi connectivity index (χ1n) is 6.96. The summed E-state index contributed by atoms with van der Waals surface area (Å²) in [5.41, 5.74) is 0.407. The van der Waals surface area contributed by atoms with Gasteiger partial charge < -0.3 is 4.74 Å². The third-order valence-corrected chi connectivity index (χ3v) is 6.16. The van der Waals surface area contributed by atoms with E-state index < -0.39 is 25.1 Å². The van der Waals surface area contributed by atoms with Crippen molar-refractivity contribution in [2.24, 2.45) is 0 Å². The summed E-state index contributed by atoms with van der Waals surface area (Å²) in [6.07, 6.45) is 3.91. The molecule has 1 aromatic carbocycles. The van der Waals surface area contributed by atoms with Gasteiger partial charge in [-0.1, -0.05) is 6.07 Å². The molecule has 0 unspecified atom stereocenters. The first-order valence-corrected chi connectivity index (χ1v) is 10.4. The van der Waals surface area contributed by atoms with Gasteiger partial charge in [-0.25, -0.2) is 21.6 Å². The van der Waals surface area contributed by atoms with Crippen molar-refractivity contribution in [3.05, 3.63) is 54.4 Å². The van der Waals surface area contributed by atoms with Gasteiger partial charge in [-0.05, 0) is 35.9 Å². The summed E-state index contributed by atoms with van der Waals surface area (Å²) in [6.45, 7) is -0.279. The standard InChI is InChI=1S/C15H18N2O5S2/c1-22-13-5-7-14(8-6-13)24(20,21)15(11-17-23(2,18)19)12-4-3-9-16-10-12/h3-10,15,17H,11H2,1-2H3/t15-/m1/s1. The SMILES string of the molecule is COc1ccc(S(=O)(=O)[C@H](CNS(C)(=O)=O)c2cccnc2)cc1. The molecule has 0 aliphatic carbocycles. The van der Waals surface area contributed by atoms with E-state index in [0.717, 1.165) is 6.26 Å². The highest BCUT2D eigenvalue weighted by molar-refractivity contribution is 7.92. The molecule has 1 aromatic heterocycles. The molecule has 2 rings (SSSR count). The normalized spacial score (nSPS) is 13.4. The molecule has 1 heterocycles. The quantitative estimate of drug-likeness (QED) is 0.784. The van der Waals surface area contributed by atoms with Crippen LogP contribution in [0.25, 0.3) is 0 Å². The first kappa shape index (κ1) is 18.4. The van der Waals surface area contributed by atoms with Gasteiger partial charge in [0.15, 0.2) is 9.84 Å². The van der Waals surface area contributed by atoms with Crippen molar-refractivity contribution in [1.82, 2.24) is 9.71 Å². The van der Waals surface area contributed by atoms with E-state index in [1.165, 1.54) is 43.8 Å². The molecule has 24 heavy (non-hydrogen) atoms. The molecule has 0 radical (unpaired) electrons. The van der Waals surface area contributed by atoms with Gasteiger partial charge in [-0.15, -0.1) is 0 Å². The summed E-state index contributed by atoms with van der Waals surface area (Å²) in [6, 6.07) is 9.14. The Balaban J connectivity index is 2.44. The monoisotopic (exact) mass is 370 g/mol. The van der Waals surface area contributed by atoms with Crippen LogP contribution < -0.4 is 9.46 Å². The molecule has 0 aliphatic rings. The van der Waals surface area contributed by atoms with Gasteiger partial charge in [0.05, 0.1) is 18.3 Å². The zero-order chi connectivity index (χ0) is 17.8. The van der Waals surface area contributed by atoms with Gasteiger partial charge >= 0.3 is 0 Å². The summed E-state index contributed by atoms with van der Waals surface area (Å²) >= 11 is 0. The Bertz CT molecular complexity index is 879. The predicted molar refractivity (Wildman–Crippen MR) is 90.0 cm³/mol. The predicted octanol–water partition coefficient (Wildman–Crippen LogP) is 1.15. The summed E-state index contributed by atoms with van der Waals surface area (Å²) in [5, 5.41) is -1.09. The molecule has 9 heteroatoms. The third-order valence-electron chi connectivity index (χ3n) is 3.35. The Kier molecular flexibility index (Phi) is 5.58. The van der Waals surface area contributed by atoms with Crippen LogP contribution in [-0.2, 0) is 19.9 Å². The zero-order valence-electron chi connectivity index (χ0n) is 13.2. The van der Waals surface area contributed by atoms with Crippen LogP contribution in [0.15, 0.2) is 53.7 Å². The zero-order valence-corrected chi connectivity index (χ0v) is 14.8. The van der Waals surface area contributed by atoms with Crippen molar-refractivity contribution in [1.29, 1.82) is 0 Å². The molecule has 1 N–H and O–H groups in total. The van der Waals surface area contributed by atoms with E-state index in [9.17, 15) is 16.8 Å². The van der Waals surface area contributed by atoms with E-state index in [4.69, 9.17) is 4.74 Å². The fraction of sp³-hybridized carbons (Fsp3) is 0.267. The average molecular weight is 370 g/mol. The number of sulfone groups is 1. The average Bonchev–Trinajstić information content (AvgIpc) is 2.55. The molecule has 0 saturated heterocycles. The molecule has 7 nitrogen and oxygen atoms in total. The molecule has 0 bridgehead atoms. The minimum Gasteiger partial charge on any atom is -0.497 e. The van der Waals surface area contributed by atoms with E-state index in [2.05, 4.69) is 9.71 Å². The molecule has 0 aliphatic heterocycles. The Morgan fingerprint density at radius 2 is 1.79 bits per heavy atom. The van der Waals surface area contributed by atoms with Crippen LogP contribution in [0.1, 0.15) is 10.8 Å². The number of nitrogens with zero attached hydrogens (tertiary/aromatic N) is 1. The van der Waals surface area contributed by atoms with Crippen molar-refractivity contribution >= 4 is 19.9 Å². The van der Waals surface area contributed by atoms with Gasteiger partial charge in [-0.3, -0.25) is 4.98 Å². The molecule has 0 fully saturated rings. The van der Waals surface area contributed by atoms with Crippen molar-refractivity contribution in [3.63, 3.8) is 0 Å². The van der Waals surface area contributed by atoms with Crippen LogP contribution in [-0.4, -0.2) is 41.7 Å². The van der Waals surface area contributed by atoms with E-state index in [-0.39, 0.29) is 11.4 Å². The number of methoxy groups -OCH3 is 1. The van der Waals surface area contributed by atoms with Gasteiger partial charge in [0.25, 0.3) is 0 Å². The Morgan fingerprint density at radius 1 is 1.12 bits per heavy atom. The first-order chi connectivity index (χ1) is 11.2. The van der Waals surface area contributed by atoms with Gasteiger partial charge in [0.2, 0.25) is 10.0 Å². The lowest BCUT2D eigenvalue weighted by molar-refractivity contribution is 0.414. The Labute approximate surface area is 141 Å². The molecule has 130 valence electrons. The van der Waals surface area contributed by atoms with Gasteiger partial charge in [0, 0.05) is 18.9 Å². The van der Waals surface area contributed by atoms with Crippen molar-refractivity contribution in [3.8, 4) is 5.75 Å². The fourth-order valence-electron chi connectivity index (χ4n) is 2.13. The maximum Gasteiger partial charge on any atom is 0.208 e. The van der Waals surface area contributed by atoms with Crippen LogP contribution in [0, 0.1) is 0 Å². The van der Waals surface area contributed by atoms with Crippen LogP contribution in [0.4, 0.5) is 0 Å². The second-order valence-corrected chi connectivity index (χ2v) is 9.08. The highest BCUT2D eigenvalue weighted by atomic mass is 32.2. The minimum atomic E-state index is -3.82. The van der Waals surface area contributed by atoms with Crippen molar-refractivity contribution < 1.29 is 21.6 Å². The minimum absolute atomic E-state index is 0.0763. The number of benzene rings is 1. The van der Waals surface area contributed by atoms with Crippen LogP contribution in [0.2, 0.25) is 0 Å². The van der Waals surface area contributed by atoms with E-state index >= 15 is 0 Å². The molecule has 0 spiro atoms. The second kappa shape index (κ2) is 7.29. The number of hydrogen-bond acceptors (Lipinski definition) is 6. The lowest BCUT2D eigenvalue weighted by Gasteiger charge is -2.18. The third kappa shape index (κ3) is 4.53. The van der Waals surface area contributed by atoms with E-state index in [1.807, 2.05) is 0 Å². The number of rotatable bonds is 7. The van der Waals surface area contributed by atoms with E-state index in [1.54, 1.807) is 12.1 Å². The molecule has 0 amide bonds. The molecular weight excluding hydrogens is 352 g/mol. The van der Waals surface area contributed by atoms with E-state index in [0.29, 0.717) is 11.3 Å². The maximum atomic E-state index is 12.9. The lowest BCUT2D eigenvalue weighted by atomic mass is 10.2. The second-order valence-electron chi connectivity index (χ2n) is 5.12. The maximum absolute atomic E-state index is 12.9. The van der Waals surface area contributed by atoms with Crippen molar-refractivity contribution in [2.45, 2.75) is 10.1 Å². The van der Waals surface area contributed by atoms with Crippen LogP contribution in [0.3, 0.4) is 0 Å². The summed E-state index contributed by atoms with van der Waals surface area (Å²) in [5.74, 6) is 0.529. The molecule has 1 atom stereocenters. The molecule has 0 saturated carbocycles. The topological polar surface area (TPSA) is 102 Å². The van der Waals surface area contributed by atoms with Crippen LogP contribution in [0.5, 0.6) is 5.75 Å². The molecular formula is C15H18N2O5S2. The fourth-order valence-corrected chi connectivity index (χ4v) is 4.35. The smallest absolute Gasteiger partial charge is 0.208 e. The number of hydrogen-bond donors (Lipinski definition) is 1. The van der Waals surface area contributed by atoms with Crippen molar-refractivity contribution in [2.75, 3.05) is 19.9 Å². The highest BCUT2D eigenvalue weighted by Gasteiger charge is 2.30. The van der Waals surface area contributed by atoms with Crippen LogP contribution >= 0.6 is 0 Å². The summed E-state index contributed by atoms with van der Waals surface area (Å²) in [4.78, 5) is 4.00. The number of ether oxygens (including phenoxy) is 1. The van der Waals surface area contributed by atoms with Gasteiger partial charge in [-0.2, -0.15) is 0 Å². The highest BCUT2D eigenvalue weighted by Crippen LogP contribution is 2.29. The largest absolute Gasteiger partial charge is 0.497 e. The lowest BCUT2D eigenvalue weighted by Crippen LogP contribution is -2.31. The summed E-state index contributed by atoms with van der Waals surface area (Å²) < 4.78 is 55.9. The Morgan fingerprint density at radius 3 is 2.29 bits per heavy atom. The summed E-state index contributed by atoms with van der Waals surface area (Å²) in [7, 11) is -5.88. The number of nitrogens with one attached hydrogen (secondary N) is 1. The number of aromatic nitrogens is 1. The number of pyridine rings is 1. The number of sulfonamides is 1. The van der Waals surface area contributed by atoms with Gasteiger partial charge in [0.1, 0.15) is 11.0 Å². The molecule has 2 aromatic rings. The Hall–Kier alpha value is -1.97.